The SMILES string of the molecule is CS(=O)(=O)NCCNCc1ccc(N/C(=C2\C(=O)Nc3cc(Cl)ccc32)c2ccccc2)cc1. The third kappa shape index (κ3) is 6.03. The molecule has 0 spiro atoms. The maximum Gasteiger partial charge on any atom is 0.258 e. The van der Waals surface area contributed by atoms with Gasteiger partial charge in [-0.05, 0) is 35.4 Å². The lowest BCUT2D eigenvalue weighted by molar-refractivity contribution is -0.110. The minimum absolute atomic E-state index is 0.188. The average molecular weight is 497 g/mol. The molecule has 7 nitrogen and oxygen atoms in total. The van der Waals surface area contributed by atoms with Crippen LogP contribution in [-0.4, -0.2) is 33.7 Å². The first-order valence-corrected chi connectivity index (χ1v) is 13.0. The van der Waals surface area contributed by atoms with Gasteiger partial charge in [-0.1, -0.05) is 60.1 Å². The molecule has 0 saturated carbocycles. The van der Waals surface area contributed by atoms with Crippen LogP contribution < -0.4 is 20.7 Å². The van der Waals surface area contributed by atoms with Gasteiger partial charge in [-0.3, -0.25) is 4.79 Å². The third-order valence-electron chi connectivity index (χ3n) is 5.26. The van der Waals surface area contributed by atoms with Crippen molar-refractivity contribution in [3.8, 4) is 0 Å². The van der Waals surface area contributed by atoms with Gasteiger partial charge in [-0.25, -0.2) is 13.1 Å². The number of hydrogen-bond donors (Lipinski definition) is 4. The minimum Gasteiger partial charge on any atom is -0.354 e. The van der Waals surface area contributed by atoms with Gasteiger partial charge in [-0.15, -0.1) is 0 Å². The summed E-state index contributed by atoms with van der Waals surface area (Å²) >= 11 is 6.12. The molecule has 1 aliphatic rings. The Balaban J connectivity index is 1.54. The molecule has 3 aromatic carbocycles. The van der Waals surface area contributed by atoms with Crippen LogP contribution in [0.25, 0.3) is 11.3 Å². The van der Waals surface area contributed by atoms with Crippen LogP contribution in [0.15, 0.2) is 72.8 Å². The Morgan fingerprint density at radius 3 is 2.41 bits per heavy atom. The fraction of sp³-hybridized carbons (Fsp3) is 0.160. The zero-order valence-corrected chi connectivity index (χ0v) is 20.1. The Labute approximate surface area is 204 Å². The molecule has 3 aromatic rings. The van der Waals surface area contributed by atoms with E-state index in [1.165, 1.54) is 0 Å². The van der Waals surface area contributed by atoms with Crippen LogP contribution >= 0.6 is 11.6 Å². The van der Waals surface area contributed by atoms with Gasteiger partial charge in [0.2, 0.25) is 10.0 Å². The molecule has 0 saturated heterocycles. The first-order valence-electron chi connectivity index (χ1n) is 10.7. The lowest BCUT2D eigenvalue weighted by atomic mass is 10.00. The van der Waals surface area contributed by atoms with E-state index in [2.05, 4.69) is 20.7 Å². The van der Waals surface area contributed by atoms with Crippen molar-refractivity contribution in [2.45, 2.75) is 6.54 Å². The second kappa shape index (κ2) is 10.4. The van der Waals surface area contributed by atoms with E-state index in [4.69, 9.17) is 11.6 Å². The number of fused-ring (bicyclic) bond motifs is 1. The van der Waals surface area contributed by atoms with Crippen molar-refractivity contribution < 1.29 is 13.2 Å². The minimum atomic E-state index is -3.18. The number of sulfonamides is 1. The summed E-state index contributed by atoms with van der Waals surface area (Å²) in [6.07, 6.45) is 1.14. The molecule has 0 bridgehead atoms. The molecule has 1 heterocycles. The monoisotopic (exact) mass is 496 g/mol. The molecular weight excluding hydrogens is 472 g/mol. The Morgan fingerprint density at radius 2 is 1.71 bits per heavy atom. The lowest BCUT2D eigenvalue weighted by Crippen LogP contribution is -2.30. The van der Waals surface area contributed by atoms with Gasteiger partial charge in [0.25, 0.3) is 5.91 Å². The van der Waals surface area contributed by atoms with E-state index in [9.17, 15) is 13.2 Å². The maximum absolute atomic E-state index is 12.9. The number of carbonyl (C=O) groups excluding carboxylic acids is 1. The Morgan fingerprint density at radius 1 is 0.971 bits per heavy atom. The maximum atomic E-state index is 12.9. The summed E-state index contributed by atoms with van der Waals surface area (Å²) in [6.45, 7) is 1.46. The highest BCUT2D eigenvalue weighted by Crippen LogP contribution is 2.38. The van der Waals surface area contributed by atoms with E-state index in [0.717, 1.165) is 28.6 Å². The van der Waals surface area contributed by atoms with E-state index < -0.39 is 10.0 Å². The van der Waals surface area contributed by atoms with Gasteiger partial charge >= 0.3 is 0 Å². The molecule has 0 radical (unpaired) electrons. The zero-order valence-electron chi connectivity index (χ0n) is 18.6. The quantitative estimate of drug-likeness (QED) is 0.266. The predicted octanol–water partition coefficient (Wildman–Crippen LogP) is 3.91. The van der Waals surface area contributed by atoms with E-state index in [1.807, 2.05) is 60.7 Å². The highest BCUT2D eigenvalue weighted by molar-refractivity contribution is 7.88. The smallest absolute Gasteiger partial charge is 0.258 e. The first kappa shape index (κ1) is 24.0. The Hall–Kier alpha value is -3.17. The van der Waals surface area contributed by atoms with Gasteiger partial charge < -0.3 is 16.0 Å². The van der Waals surface area contributed by atoms with Crippen molar-refractivity contribution in [2.24, 2.45) is 0 Å². The van der Waals surface area contributed by atoms with Crippen molar-refractivity contribution in [3.63, 3.8) is 0 Å². The van der Waals surface area contributed by atoms with Gasteiger partial charge in [-0.2, -0.15) is 0 Å². The molecule has 0 atom stereocenters. The molecule has 0 unspecified atom stereocenters. The third-order valence-corrected chi connectivity index (χ3v) is 6.22. The summed E-state index contributed by atoms with van der Waals surface area (Å²) in [6, 6.07) is 22.9. The zero-order chi connectivity index (χ0) is 24.1. The summed E-state index contributed by atoms with van der Waals surface area (Å²) in [7, 11) is -3.18. The van der Waals surface area contributed by atoms with Crippen molar-refractivity contribution in [1.82, 2.24) is 10.0 Å². The van der Waals surface area contributed by atoms with Gasteiger partial charge in [0.05, 0.1) is 23.2 Å². The van der Waals surface area contributed by atoms with Crippen molar-refractivity contribution in [1.29, 1.82) is 0 Å². The molecule has 0 fully saturated rings. The number of hydrogen-bond acceptors (Lipinski definition) is 5. The molecule has 4 rings (SSSR count). The number of nitrogens with one attached hydrogen (secondary N) is 4. The second-order valence-corrected chi connectivity index (χ2v) is 10.2. The highest BCUT2D eigenvalue weighted by Gasteiger charge is 2.28. The number of benzene rings is 3. The van der Waals surface area contributed by atoms with Crippen LogP contribution in [0.3, 0.4) is 0 Å². The van der Waals surface area contributed by atoms with E-state index in [1.54, 1.807) is 12.1 Å². The first-order chi connectivity index (χ1) is 16.3. The van der Waals surface area contributed by atoms with Gasteiger partial charge in [0.1, 0.15) is 0 Å². The Bertz CT molecular complexity index is 1320. The fourth-order valence-corrected chi connectivity index (χ4v) is 4.33. The molecule has 1 amide bonds. The predicted molar refractivity (Wildman–Crippen MR) is 138 cm³/mol. The molecule has 9 heteroatoms. The number of amides is 1. The number of halogens is 1. The summed E-state index contributed by atoms with van der Waals surface area (Å²) in [5, 5.41) is 10.1. The summed E-state index contributed by atoms with van der Waals surface area (Å²) in [5.41, 5.74) is 5.53. The van der Waals surface area contributed by atoms with Crippen LogP contribution in [0.5, 0.6) is 0 Å². The standard InChI is InChI=1S/C25H25ClN4O3S/c1-34(32,33)28-14-13-27-16-17-7-10-20(11-8-17)29-24(18-5-3-2-4-6-18)23-21-12-9-19(26)15-22(21)30-25(23)31/h2-12,15,27-29H,13-14,16H2,1H3,(H,30,31)/b24-23-. The van der Waals surface area contributed by atoms with Gasteiger partial charge in [0.15, 0.2) is 0 Å². The topological polar surface area (TPSA) is 99.3 Å². The number of anilines is 2. The molecule has 0 aromatic heterocycles. The van der Waals surface area contributed by atoms with Crippen LogP contribution in [-0.2, 0) is 21.4 Å². The fourth-order valence-electron chi connectivity index (χ4n) is 3.68. The van der Waals surface area contributed by atoms with Crippen LogP contribution in [0.2, 0.25) is 5.02 Å². The lowest BCUT2D eigenvalue weighted by Gasteiger charge is -2.15. The van der Waals surface area contributed by atoms with Crippen LogP contribution in [0.4, 0.5) is 11.4 Å². The van der Waals surface area contributed by atoms with Crippen molar-refractivity contribution in [3.05, 3.63) is 94.5 Å². The highest BCUT2D eigenvalue weighted by atomic mass is 35.5. The van der Waals surface area contributed by atoms with Gasteiger partial charge in [0, 0.05) is 35.9 Å². The van der Waals surface area contributed by atoms with Crippen LogP contribution in [0.1, 0.15) is 16.7 Å². The normalized spacial score (nSPS) is 14.5. The second-order valence-electron chi connectivity index (χ2n) is 7.93. The number of rotatable bonds is 9. The average Bonchev–Trinajstić information content (AvgIpc) is 3.12. The molecule has 4 N–H and O–H groups in total. The largest absolute Gasteiger partial charge is 0.354 e. The van der Waals surface area contributed by atoms with E-state index in [-0.39, 0.29) is 5.91 Å². The summed E-state index contributed by atoms with van der Waals surface area (Å²) < 4.78 is 24.7. The molecule has 34 heavy (non-hydrogen) atoms. The van der Waals surface area contributed by atoms with E-state index in [0.29, 0.717) is 41.6 Å². The summed E-state index contributed by atoms with van der Waals surface area (Å²) in [5.74, 6) is -0.188. The molecule has 1 aliphatic heterocycles. The van der Waals surface area contributed by atoms with E-state index >= 15 is 0 Å². The van der Waals surface area contributed by atoms with Crippen LogP contribution in [0, 0.1) is 0 Å². The Kier molecular flexibility index (Phi) is 7.33. The molecule has 176 valence electrons. The van der Waals surface area contributed by atoms with Crippen molar-refractivity contribution in [2.75, 3.05) is 30.0 Å². The summed E-state index contributed by atoms with van der Waals surface area (Å²) in [4.78, 5) is 12.9. The van der Waals surface area contributed by atoms with Crippen molar-refractivity contribution >= 4 is 50.2 Å². The molecule has 0 aliphatic carbocycles. The molecular formula is C25H25ClN4O3S. The number of carbonyl (C=O) groups is 1.